The summed E-state index contributed by atoms with van der Waals surface area (Å²) in [4.78, 5) is 12.1. The Balaban J connectivity index is 2.23. The van der Waals surface area contributed by atoms with E-state index in [0.29, 0.717) is 22.0 Å². The Bertz CT molecular complexity index is 638. The molecule has 2 aromatic rings. The van der Waals surface area contributed by atoms with Crippen LogP contribution in [0.5, 0.6) is 0 Å². The molecule has 0 spiro atoms. The Morgan fingerprint density at radius 3 is 2.53 bits per heavy atom. The summed E-state index contributed by atoms with van der Waals surface area (Å²) in [6.45, 7) is 3.84. The molecule has 2 rings (SSSR count). The lowest BCUT2D eigenvalue weighted by Gasteiger charge is -2.09. The number of nitrogens with two attached hydrogens (primary N) is 1. The molecule has 0 aliphatic heterocycles. The van der Waals surface area contributed by atoms with Crippen LogP contribution >= 0.6 is 11.6 Å². The molecule has 0 aliphatic carbocycles. The fraction of sp³-hybridized carbons (Fsp3) is 0.133. The Labute approximate surface area is 117 Å². The van der Waals surface area contributed by atoms with Crippen LogP contribution in [0.4, 0.5) is 11.4 Å². The van der Waals surface area contributed by atoms with Crippen molar-refractivity contribution in [3.63, 3.8) is 0 Å². The van der Waals surface area contributed by atoms with E-state index in [1.165, 1.54) is 0 Å². The van der Waals surface area contributed by atoms with E-state index in [0.717, 1.165) is 11.1 Å². The molecule has 3 nitrogen and oxygen atoms in total. The standard InChI is InChI=1S/C15H15ClN2O/c1-9-3-6-14(13(17)7-9)18-15(19)11-5-4-10(2)12(16)8-11/h3-8H,17H2,1-2H3,(H,18,19). The lowest BCUT2D eigenvalue weighted by molar-refractivity contribution is 0.102. The van der Waals surface area contributed by atoms with Crippen LogP contribution in [0.3, 0.4) is 0 Å². The molecule has 0 fully saturated rings. The van der Waals surface area contributed by atoms with Crippen molar-refractivity contribution < 1.29 is 4.79 Å². The molecule has 0 aliphatic rings. The van der Waals surface area contributed by atoms with Gasteiger partial charge in [0.2, 0.25) is 0 Å². The van der Waals surface area contributed by atoms with Crippen LogP contribution < -0.4 is 11.1 Å². The lowest BCUT2D eigenvalue weighted by Crippen LogP contribution is -2.13. The van der Waals surface area contributed by atoms with Gasteiger partial charge < -0.3 is 11.1 Å². The van der Waals surface area contributed by atoms with Gasteiger partial charge in [-0.3, -0.25) is 4.79 Å². The molecular formula is C15H15ClN2O. The number of anilines is 2. The van der Waals surface area contributed by atoms with Crippen molar-refractivity contribution in [3.8, 4) is 0 Å². The highest BCUT2D eigenvalue weighted by atomic mass is 35.5. The van der Waals surface area contributed by atoms with Gasteiger partial charge in [0.15, 0.2) is 0 Å². The topological polar surface area (TPSA) is 55.1 Å². The van der Waals surface area contributed by atoms with E-state index in [1.54, 1.807) is 18.2 Å². The Morgan fingerprint density at radius 2 is 1.89 bits per heavy atom. The van der Waals surface area contributed by atoms with Crippen molar-refractivity contribution in [3.05, 3.63) is 58.1 Å². The number of aryl methyl sites for hydroxylation is 2. The number of nitrogen functional groups attached to an aromatic ring is 1. The normalized spacial score (nSPS) is 10.3. The minimum Gasteiger partial charge on any atom is -0.397 e. The molecular weight excluding hydrogens is 260 g/mol. The molecule has 98 valence electrons. The predicted octanol–water partition coefficient (Wildman–Crippen LogP) is 3.79. The minimum atomic E-state index is -0.225. The third-order valence-corrected chi connectivity index (χ3v) is 3.30. The predicted molar refractivity (Wildman–Crippen MR) is 79.7 cm³/mol. The molecule has 19 heavy (non-hydrogen) atoms. The average Bonchev–Trinajstić information content (AvgIpc) is 2.36. The van der Waals surface area contributed by atoms with E-state index in [-0.39, 0.29) is 5.91 Å². The van der Waals surface area contributed by atoms with Gasteiger partial charge >= 0.3 is 0 Å². The second kappa shape index (κ2) is 5.33. The number of amides is 1. The number of nitrogens with one attached hydrogen (secondary N) is 1. The Hall–Kier alpha value is -2.00. The largest absolute Gasteiger partial charge is 0.397 e. The number of benzene rings is 2. The summed E-state index contributed by atoms with van der Waals surface area (Å²) in [7, 11) is 0. The molecule has 0 aromatic heterocycles. The maximum absolute atomic E-state index is 12.1. The number of hydrogen-bond donors (Lipinski definition) is 2. The molecule has 0 bridgehead atoms. The second-order valence-corrected chi connectivity index (χ2v) is 4.92. The first kappa shape index (κ1) is 13.4. The molecule has 2 aromatic carbocycles. The maximum atomic E-state index is 12.1. The third-order valence-electron chi connectivity index (χ3n) is 2.89. The van der Waals surface area contributed by atoms with E-state index in [1.807, 2.05) is 32.0 Å². The van der Waals surface area contributed by atoms with E-state index in [4.69, 9.17) is 17.3 Å². The van der Waals surface area contributed by atoms with Gasteiger partial charge in [0, 0.05) is 10.6 Å². The minimum absolute atomic E-state index is 0.225. The van der Waals surface area contributed by atoms with Crippen LogP contribution in [-0.2, 0) is 0 Å². The number of carbonyl (C=O) groups is 1. The summed E-state index contributed by atoms with van der Waals surface area (Å²) in [5.74, 6) is -0.225. The molecule has 0 saturated carbocycles. The van der Waals surface area contributed by atoms with E-state index < -0.39 is 0 Å². The van der Waals surface area contributed by atoms with Crippen LogP contribution in [0.15, 0.2) is 36.4 Å². The fourth-order valence-corrected chi connectivity index (χ4v) is 1.91. The van der Waals surface area contributed by atoms with E-state index >= 15 is 0 Å². The van der Waals surface area contributed by atoms with Gasteiger partial charge in [-0.05, 0) is 49.2 Å². The zero-order chi connectivity index (χ0) is 14.0. The van der Waals surface area contributed by atoms with Crippen LogP contribution in [0, 0.1) is 13.8 Å². The first-order valence-electron chi connectivity index (χ1n) is 5.91. The van der Waals surface area contributed by atoms with Gasteiger partial charge in [-0.1, -0.05) is 23.7 Å². The highest BCUT2D eigenvalue weighted by Crippen LogP contribution is 2.22. The summed E-state index contributed by atoms with van der Waals surface area (Å²) < 4.78 is 0. The average molecular weight is 275 g/mol. The Kier molecular flexibility index (Phi) is 3.76. The highest BCUT2D eigenvalue weighted by Gasteiger charge is 2.09. The molecule has 1 amide bonds. The number of carbonyl (C=O) groups excluding carboxylic acids is 1. The second-order valence-electron chi connectivity index (χ2n) is 4.51. The van der Waals surface area contributed by atoms with Gasteiger partial charge in [0.1, 0.15) is 0 Å². The van der Waals surface area contributed by atoms with E-state index in [9.17, 15) is 4.79 Å². The number of hydrogen-bond acceptors (Lipinski definition) is 2. The Morgan fingerprint density at radius 1 is 1.16 bits per heavy atom. The van der Waals surface area contributed by atoms with Crippen molar-refractivity contribution in [1.82, 2.24) is 0 Å². The van der Waals surface area contributed by atoms with Gasteiger partial charge in [-0.2, -0.15) is 0 Å². The smallest absolute Gasteiger partial charge is 0.255 e. The monoisotopic (exact) mass is 274 g/mol. The van der Waals surface area contributed by atoms with E-state index in [2.05, 4.69) is 5.32 Å². The van der Waals surface area contributed by atoms with Crippen LogP contribution in [0.25, 0.3) is 0 Å². The van der Waals surface area contributed by atoms with Crippen LogP contribution in [-0.4, -0.2) is 5.91 Å². The molecule has 0 radical (unpaired) electrons. The highest BCUT2D eigenvalue weighted by molar-refractivity contribution is 6.31. The lowest BCUT2D eigenvalue weighted by atomic mass is 10.1. The van der Waals surface area contributed by atoms with Gasteiger partial charge in [-0.25, -0.2) is 0 Å². The SMILES string of the molecule is Cc1ccc(NC(=O)c2ccc(C)c(Cl)c2)c(N)c1. The van der Waals surface area contributed by atoms with Crippen molar-refractivity contribution in [1.29, 1.82) is 0 Å². The summed E-state index contributed by atoms with van der Waals surface area (Å²) in [5, 5.41) is 3.35. The molecule has 4 heteroatoms. The quantitative estimate of drug-likeness (QED) is 0.819. The third kappa shape index (κ3) is 3.06. The first-order chi connectivity index (χ1) is 8.97. The fourth-order valence-electron chi connectivity index (χ4n) is 1.72. The summed E-state index contributed by atoms with van der Waals surface area (Å²) >= 11 is 6.01. The zero-order valence-corrected chi connectivity index (χ0v) is 11.6. The van der Waals surface area contributed by atoms with Gasteiger partial charge in [-0.15, -0.1) is 0 Å². The summed E-state index contributed by atoms with van der Waals surface area (Å²) in [5.41, 5.74) is 9.51. The van der Waals surface area contributed by atoms with Crippen LogP contribution in [0.2, 0.25) is 5.02 Å². The summed E-state index contributed by atoms with van der Waals surface area (Å²) in [6, 6.07) is 10.7. The van der Waals surface area contributed by atoms with Crippen molar-refractivity contribution in [2.24, 2.45) is 0 Å². The number of rotatable bonds is 2. The molecule has 0 saturated heterocycles. The molecule has 0 unspecified atom stereocenters. The van der Waals surface area contributed by atoms with Gasteiger partial charge in [0.05, 0.1) is 11.4 Å². The van der Waals surface area contributed by atoms with Crippen molar-refractivity contribution in [2.75, 3.05) is 11.1 Å². The summed E-state index contributed by atoms with van der Waals surface area (Å²) in [6.07, 6.45) is 0. The first-order valence-corrected chi connectivity index (χ1v) is 6.29. The zero-order valence-electron chi connectivity index (χ0n) is 10.8. The molecule has 3 N–H and O–H groups in total. The van der Waals surface area contributed by atoms with Crippen molar-refractivity contribution >= 4 is 28.9 Å². The molecule has 0 heterocycles. The van der Waals surface area contributed by atoms with Gasteiger partial charge in [0.25, 0.3) is 5.91 Å². The maximum Gasteiger partial charge on any atom is 0.255 e. The van der Waals surface area contributed by atoms with Crippen LogP contribution in [0.1, 0.15) is 21.5 Å². The molecule has 0 atom stereocenters. The number of halogens is 1. The van der Waals surface area contributed by atoms with Crippen molar-refractivity contribution in [2.45, 2.75) is 13.8 Å².